The van der Waals surface area contributed by atoms with Gasteiger partial charge in [-0.1, -0.05) is 0 Å². The Morgan fingerprint density at radius 2 is 1.93 bits per heavy atom. The molecule has 3 aromatic rings. The van der Waals surface area contributed by atoms with Gasteiger partial charge in [0, 0.05) is 24.2 Å². The van der Waals surface area contributed by atoms with Crippen LogP contribution in [0.1, 0.15) is 39.8 Å². The molecule has 0 saturated carbocycles. The number of nitrogens with zero attached hydrogens (tertiary/aromatic N) is 5. The molecule has 7 nitrogen and oxygen atoms in total. The fourth-order valence-corrected chi connectivity index (χ4v) is 3.16. The van der Waals surface area contributed by atoms with E-state index in [0.717, 1.165) is 18.5 Å². The minimum atomic E-state index is -4.74. The minimum Gasteiger partial charge on any atom is -0.345 e. The lowest BCUT2D eigenvalue weighted by Gasteiger charge is -2.12. The van der Waals surface area contributed by atoms with Crippen LogP contribution in [0.15, 0.2) is 36.9 Å². The van der Waals surface area contributed by atoms with E-state index in [1.54, 1.807) is 0 Å². The summed E-state index contributed by atoms with van der Waals surface area (Å²) in [6.07, 6.45) is -4.55. The summed E-state index contributed by atoms with van der Waals surface area (Å²) in [5.41, 5.74) is -0.0313. The van der Waals surface area contributed by atoms with Gasteiger partial charge in [-0.3, -0.25) is 9.78 Å². The van der Waals surface area contributed by atoms with Crippen molar-refractivity contribution in [3.63, 3.8) is 0 Å². The molecule has 0 aliphatic heterocycles. The molecule has 0 saturated heterocycles. The van der Waals surface area contributed by atoms with E-state index < -0.39 is 30.1 Å². The van der Waals surface area contributed by atoms with E-state index in [0.29, 0.717) is 30.3 Å². The average molecular weight is 430 g/mol. The molecule has 3 heterocycles. The predicted octanol–water partition coefficient (Wildman–Crippen LogP) is 3.38. The maximum absolute atomic E-state index is 12.9. The molecule has 0 unspecified atom stereocenters. The van der Waals surface area contributed by atoms with Gasteiger partial charge in [-0.2, -0.15) is 28.1 Å². The standard InChI is InChI=1S/C17H12F6N6O/c18-16(19,20)14-5-10(3-4-24-14)28-8-11-12(1-2-13(11)27-28)26-15(30)9-6-25-29(7-9)17(21,22)23/h3-8,12H,1-2H2,(H,26,30)/t12-/m0/s1. The van der Waals surface area contributed by atoms with Crippen molar-refractivity contribution < 1.29 is 31.1 Å². The molecule has 0 radical (unpaired) electrons. The van der Waals surface area contributed by atoms with Crippen molar-refractivity contribution in [3.8, 4) is 5.69 Å². The Bertz CT molecular complexity index is 1100. The van der Waals surface area contributed by atoms with Crippen molar-refractivity contribution in [2.24, 2.45) is 0 Å². The molecule has 1 aliphatic rings. The number of hydrogen-bond donors (Lipinski definition) is 1. The van der Waals surface area contributed by atoms with Gasteiger partial charge in [-0.25, -0.2) is 4.68 Å². The number of nitrogens with one attached hydrogen (secondary N) is 1. The number of halogens is 6. The Hall–Kier alpha value is -3.38. The second kappa shape index (κ2) is 6.85. The number of fused-ring (bicyclic) bond motifs is 1. The second-order valence-electron chi connectivity index (χ2n) is 6.58. The number of hydrogen-bond acceptors (Lipinski definition) is 4. The van der Waals surface area contributed by atoms with Crippen LogP contribution >= 0.6 is 0 Å². The Morgan fingerprint density at radius 1 is 1.17 bits per heavy atom. The summed E-state index contributed by atoms with van der Waals surface area (Å²) in [7, 11) is 0. The molecule has 0 fully saturated rings. The molecule has 1 atom stereocenters. The molecule has 1 aliphatic carbocycles. The van der Waals surface area contributed by atoms with Crippen molar-refractivity contribution in [3.05, 3.63) is 59.4 Å². The van der Waals surface area contributed by atoms with Gasteiger partial charge in [0.1, 0.15) is 5.69 Å². The number of aryl methyl sites for hydroxylation is 1. The fourth-order valence-electron chi connectivity index (χ4n) is 3.16. The van der Waals surface area contributed by atoms with Crippen LogP contribution in [-0.4, -0.2) is 30.5 Å². The zero-order valence-corrected chi connectivity index (χ0v) is 14.9. The van der Waals surface area contributed by atoms with E-state index in [9.17, 15) is 31.1 Å². The lowest BCUT2D eigenvalue weighted by Crippen LogP contribution is -2.27. The number of carbonyl (C=O) groups excluding carboxylic acids is 1. The molecule has 4 rings (SSSR count). The van der Waals surface area contributed by atoms with Crippen LogP contribution in [0.4, 0.5) is 26.3 Å². The predicted molar refractivity (Wildman–Crippen MR) is 88.4 cm³/mol. The molecule has 0 aromatic carbocycles. The first kappa shape index (κ1) is 19.9. The number of aromatic nitrogens is 5. The first-order valence-electron chi connectivity index (χ1n) is 8.57. The van der Waals surface area contributed by atoms with E-state index in [-0.39, 0.29) is 15.9 Å². The highest BCUT2D eigenvalue weighted by Crippen LogP contribution is 2.33. The van der Waals surface area contributed by atoms with Crippen molar-refractivity contribution in [1.29, 1.82) is 0 Å². The van der Waals surface area contributed by atoms with Crippen molar-refractivity contribution in [2.45, 2.75) is 31.4 Å². The van der Waals surface area contributed by atoms with Crippen LogP contribution in [0.3, 0.4) is 0 Å². The number of carbonyl (C=O) groups is 1. The molecular weight excluding hydrogens is 418 g/mol. The highest BCUT2D eigenvalue weighted by atomic mass is 19.4. The van der Waals surface area contributed by atoms with Crippen LogP contribution in [0.5, 0.6) is 0 Å². The Labute approximate surface area is 164 Å². The van der Waals surface area contributed by atoms with E-state index >= 15 is 0 Å². The maximum atomic E-state index is 12.9. The smallest absolute Gasteiger partial charge is 0.345 e. The Balaban J connectivity index is 1.54. The Kier molecular flexibility index (Phi) is 4.55. The molecule has 158 valence electrons. The van der Waals surface area contributed by atoms with Crippen molar-refractivity contribution in [2.75, 3.05) is 0 Å². The van der Waals surface area contributed by atoms with Gasteiger partial charge in [-0.15, -0.1) is 13.2 Å². The van der Waals surface area contributed by atoms with E-state index in [1.807, 2.05) is 0 Å². The van der Waals surface area contributed by atoms with E-state index in [2.05, 4.69) is 20.5 Å². The fraction of sp³-hybridized carbons (Fsp3) is 0.294. The SMILES string of the molecule is O=C(N[C@H]1CCc2nn(-c3ccnc(C(F)(F)F)c3)cc21)c1cnn(C(F)(F)F)c1. The van der Waals surface area contributed by atoms with Crippen molar-refractivity contribution in [1.82, 2.24) is 29.9 Å². The summed E-state index contributed by atoms with van der Waals surface area (Å²) in [5, 5.41) is 9.98. The van der Waals surface area contributed by atoms with Gasteiger partial charge in [0.25, 0.3) is 5.91 Å². The van der Waals surface area contributed by atoms with Gasteiger partial charge in [0.15, 0.2) is 0 Å². The van der Waals surface area contributed by atoms with Crippen LogP contribution in [-0.2, 0) is 18.9 Å². The zero-order chi connectivity index (χ0) is 21.7. The quantitative estimate of drug-likeness (QED) is 0.647. The van der Waals surface area contributed by atoms with Crippen molar-refractivity contribution >= 4 is 5.91 Å². The molecule has 0 bridgehead atoms. The normalized spacial score (nSPS) is 16.5. The lowest BCUT2D eigenvalue weighted by molar-refractivity contribution is -0.212. The van der Waals surface area contributed by atoms with Crippen LogP contribution < -0.4 is 5.32 Å². The number of pyridine rings is 1. The van der Waals surface area contributed by atoms with Gasteiger partial charge in [0.2, 0.25) is 0 Å². The van der Waals surface area contributed by atoms with Gasteiger partial charge in [-0.05, 0) is 25.0 Å². The largest absolute Gasteiger partial charge is 0.504 e. The molecule has 1 N–H and O–H groups in total. The molecular formula is C17H12F6N6O. The van der Waals surface area contributed by atoms with Gasteiger partial charge >= 0.3 is 12.5 Å². The summed E-state index contributed by atoms with van der Waals surface area (Å²) in [5.74, 6) is -0.751. The lowest BCUT2D eigenvalue weighted by atomic mass is 10.2. The monoisotopic (exact) mass is 430 g/mol. The van der Waals surface area contributed by atoms with Crippen LogP contribution in [0, 0.1) is 0 Å². The zero-order valence-electron chi connectivity index (χ0n) is 14.9. The van der Waals surface area contributed by atoms with Crippen LogP contribution in [0.25, 0.3) is 5.69 Å². The number of rotatable bonds is 3. The molecule has 0 spiro atoms. The van der Waals surface area contributed by atoms with Crippen LogP contribution in [0.2, 0.25) is 0 Å². The molecule has 1 amide bonds. The topological polar surface area (TPSA) is 77.6 Å². The highest BCUT2D eigenvalue weighted by Gasteiger charge is 2.34. The molecule has 3 aromatic heterocycles. The average Bonchev–Trinajstić information content (AvgIpc) is 3.37. The number of amides is 1. The summed E-state index contributed by atoms with van der Waals surface area (Å²) in [6, 6.07) is 1.66. The van der Waals surface area contributed by atoms with E-state index in [4.69, 9.17) is 0 Å². The third kappa shape index (κ3) is 3.74. The minimum absolute atomic E-state index is 0.142. The van der Waals surface area contributed by atoms with Gasteiger partial charge in [0.05, 0.1) is 29.2 Å². The second-order valence-corrected chi connectivity index (χ2v) is 6.58. The summed E-state index contributed by atoms with van der Waals surface area (Å²) in [4.78, 5) is 15.6. The number of alkyl halides is 6. The van der Waals surface area contributed by atoms with Gasteiger partial charge < -0.3 is 5.32 Å². The summed E-state index contributed by atoms with van der Waals surface area (Å²) in [6.45, 7) is 0. The first-order chi connectivity index (χ1) is 14.0. The summed E-state index contributed by atoms with van der Waals surface area (Å²) < 4.78 is 77.4. The maximum Gasteiger partial charge on any atom is 0.504 e. The third-order valence-electron chi connectivity index (χ3n) is 4.58. The Morgan fingerprint density at radius 3 is 2.60 bits per heavy atom. The third-order valence-corrected chi connectivity index (χ3v) is 4.58. The molecule has 13 heteroatoms. The first-order valence-corrected chi connectivity index (χ1v) is 8.57. The molecule has 30 heavy (non-hydrogen) atoms. The summed E-state index contributed by atoms with van der Waals surface area (Å²) >= 11 is 0. The highest BCUT2D eigenvalue weighted by molar-refractivity contribution is 5.94. The van der Waals surface area contributed by atoms with E-state index in [1.165, 1.54) is 16.9 Å².